The first kappa shape index (κ1) is 15.7. The Hall–Kier alpha value is -0.650. The van der Waals surface area contributed by atoms with Crippen molar-refractivity contribution in [2.75, 3.05) is 19.8 Å². The van der Waals surface area contributed by atoms with Gasteiger partial charge >= 0.3 is 0 Å². The van der Waals surface area contributed by atoms with Crippen LogP contribution in [0.15, 0.2) is 0 Å². The Morgan fingerprint density at radius 3 is 2.35 bits per heavy atom. The fourth-order valence-electron chi connectivity index (χ4n) is 3.17. The van der Waals surface area contributed by atoms with Gasteiger partial charge in [0, 0.05) is 19.8 Å². The molecule has 20 heavy (non-hydrogen) atoms. The Labute approximate surface area is 121 Å². The van der Waals surface area contributed by atoms with E-state index >= 15 is 0 Å². The zero-order valence-corrected chi connectivity index (χ0v) is 13.2. The number of nitrogens with zero attached hydrogens (tertiary/aromatic N) is 1. The summed E-state index contributed by atoms with van der Waals surface area (Å²) < 4.78 is 17.3. The lowest BCUT2D eigenvalue weighted by atomic mass is 9.85. The third-order valence-corrected chi connectivity index (χ3v) is 3.79. The van der Waals surface area contributed by atoms with Gasteiger partial charge in [0.05, 0.1) is 17.7 Å². The quantitative estimate of drug-likeness (QED) is 0.551. The normalized spacial score (nSPS) is 29.8. The molecule has 0 aromatic heterocycles. The molecule has 0 aromatic carbocycles. The predicted octanol–water partition coefficient (Wildman–Crippen LogP) is 1.80. The van der Waals surface area contributed by atoms with Crippen LogP contribution < -0.4 is 0 Å². The average molecular weight is 285 g/mol. The van der Waals surface area contributed by atoms with E-state index in [2.05, 4.69) is 0 Å². The number of hydrogen-bond donors (Lipinski definition) is 0. The molecule has 0 N–H and O–H groups in total. The zero-order valence-electron chi connectivity index (χ0n) is 13.2. The summed E-state index contributed by atoms with van der Waals surface area (Å²) in [5.41, 5.74) is -0.198. The van der Waals surface area contributed by atoms with E-state index in [0.717, 1.165) is 13.0 Å². The summed E-state index contributed by atoms with van der Waals surface area (Å²) in [5, 5.41) is 0. The minimum absolute atomic E-state index is 0.0844. The fourth-order valence-corrected chi connectivity index (χ4v) is 3.17. The Balaban J connectivity index is 2.07. The number of carbonyl (C=O) groups is 1. The number of β-lactam (4-membered cyclic amide) rings is 1. The second-order valence-corrected chi connectivity index (χ2v) is 6.38. The maximum absolute atomic E-state index is 12.3. The molecule has 5 nitrogen and oxygen atoms in total. The van der Waals surface area contributed by atoms with E-state index < -0.39 is 6.29 Å². The highest BCUT2D eigenvalue weighted by Crippen LogP contribution is 2.41. The molecule has 0 aliphatic carbocycles. The highest BCUT2D eigenvalue weighted by atomic mass is 16.7. The van der Waals surface area contributed by atoms with Crippen LogP contribution in [0.5, 0.6) is 0 Å². The van der Waals surface area contributed by atoms with Gasteiger partial charge in [0.1, 0.15) is 5.92 Å². The largest absolute Gasteiger partial charge is 0.370 e. The van der Waals surface area contributed by atoms with Gasteiger partial charge in [-0.2, -0.15) is 0 Å². The summed E-state index contributed by atoms with van der Waals surface area (Å²) in [6, 6.07) is 0.102. The van der Waals surface area contributed by atoms with Crippen molar-refractivity contribution >= 4 is 5.91 Å². The lowest BCUT2D eigenvalue weighted by Gasteiger charge is -2.47. The SMILES string of the molecule is CCOC(OCC)[C@H]1C(=O)N2CC[C@H](OC(C)(C)C)[C@@H]12. The van der Waals surface area contributed by atoms with E-state index in [0.29, 0.717) is 13.2 Å². The molecule has 2 rings (SSSR count). The van der Waals surface area contributed by atoms with Gasteiger partial charge in [-0.15, -0.1) is 0 Å². The lowest BCUT2D eigenvalue weighted by Crippen LogP contribution is -2.65. The van der Waals surface area contributed by atoms with Crippen LogP contribution in [-0.4, -0.2) is 54.6 Å². The minimum atomic E-state index is -0.442. The molecule has 1 amide bonds. The second kappa shape index (κ2) is 6.00. The van der Waals surface area contributed by atoms with Crippen molar-refractivity contribution in [1.82, 2.24) is 4.90 Å². The zero-order chi connectivity index (χ0) is 14.9. The number of fused-ring (bicyclic) bond motifs is 1. The highest BCUT2D eigenvalue weighted by Gasteiger charge is 2.59. The average Bonchev–Trinajstić information content (AvgIpc) is 2.66. The number of carbonyl (C=O) groups excluding carboxylic acids is 1. The molecule has 0 unspecified atom stereocenters. The van der Waals surface area contributed by atoms with Gasteiger partial charge in [-0.05, 0) is 41.0 Å². The highest BCUT2D eigenvalue weighted by molar-refractivity contribution is 5.87. The third-order valence-electron chi connectivity index (χ3n) is 3.79. The van der Waals surface area contributed by atoms with Gasteiger partial charge in [0.2, 0.25) is 5.91 Å². The number of amides is 1. The van der Waals surface area contributed by atoms with Gasteiger partial charge in [0.15, 0.2) is 6.29 Å². The van der Waals surface area contributed by atoms with Crippen molar-refractivity contribution in [1.29, 1.82) is 0 Å². The first-order valence-electron chi connectivity index (χ1n) is 7.60. The van der Waals surface area contributed by atoms with Crippen LogP contribution in [0.1, 0.15) is 41.0 Å². The van der Waals surface area contributed by atoms with Crippen molar-refractivity contribution in [2.24, 2.45) is 5.92 Å². The van der Waals surface area contributed by atoms with E-state index in [-0.39, 0.29) is 29.6 Å². The Morgan fingerprint density at radius 2 is 1.85 bits per heavy atom. The van der Waals surface area contributed by atoms with E-state index in [1.165, 1.54) is 0 Å². The molecule has 116 valence electrons. The van der Waals surface area contributed by atoms with Crippen LogP contribution in [-0.2, 0) is 19.0 Å². The Kier molecular flexibility index (Phi) is 4.72. The van der Waals surface area contributed by atoms with Crippen LogP contribution in [0.2, 0.25) is 0 Å². The maximum atomic E-state index is 12.3. The standard InChI is InChI=1S/C15H27NO4/c1-6-18-14(19-7-2)11-12-10(20-15(3,4)5)8-9-16(12)13(11)17/h10-12,14H,6-9H2,1-5H3/t10-,11+,12-/m0/s1. The first-order chi connectivity index (χ1) is 9.39. The fraction of sp³-hybridized carbons (Fsp3) is 0.933. The molecule has 2 aliphatic rings. The van der Waals surface area contributed by atoms with E-state index in [9.17, 15) is 4.79 Å². The molecule has 5 heteroatoms. The molecule has 0 radical (unpaired) electrons. The van der Waals surface area contributed by atoms with Gasteiger partial charge in [-0.25, -0.2) is 0 Å². The van der Waals surface area contributed by atoms with Gasteiger partial charge in [-0.3, -0.25) is 4.79 Å². The van der Waals surface area contributed by atoms with E-state index in [4.69, 9.17) is 14.2 Å². The topological polar surface area (TPSA) is 48.0 Å². The van der Waals surface area contributed by atoms with Crippen LogP contribution in [0.3, 0.4) is 0 Å². The summed E-state index contributed by atoms with van der Waals surface area (Å²) in [5.74, 6) is -0.0772. The van der Waals surface area contributed by atoms with Crippen molar-refractivity contribution < 1.29 is 19.0 Å². The second-order valence-electron chi connectivity index (χ2n) is 6.38. The molecule has 0 aromatic rings. The molecule has 2 heterocycles. The van der Waals surface area contributed by atoms with E-state index in [1.807, 2.05) is 39.5 Å². The molecular formula is C15H27NO4. The van der Waals surface area contributed by atoms with Crippen molar-refractivity contribution in [3.8, 4) is 0 Å². The van der Waals surface area contributed by atoms with Crippen LogP contribution >= 0.6 is 0 Å². The maximum Gasteiger partial charge on any atom is 0.233 e. The monoisotopic (exact) mass is 285 g/mol. The first-order valence-corrected chi connectivity index (χ1v) is 7.60. The summed E-state index contributed by atoms with van der Waals surface area (Å²) in [4.78, 5) is 14.2. The Morgan fingerprint density at radius 1 is 1.25 bits per heavy atom. The number of ether oxygens (including phenoxy) is 3. The summed E-state index contributed by atoms with van der Waals surface area (Å²) >= 11 is 0. The summed E-state index contributed by atoms with van der Waals surface area (Å²) in [7, 11) is 0. The molecule has 0 saturated carbocycles. The van der Waals surface area contributed by atoms with Crippen molar-refractivity contribution in [3.05, 3.63) is 0 Å². The smallest absolute Gasteiger partial charge is 0.233 e. The van der Waals surface area contributed by atoms with Gasteiger partial charge in [-0.1, -0.05) is 0 Å². The molecule has 0 spiro atoms. The van der Waals surface area contributed by atoms with Gasteiger partial charge in [0.25, 0.3) is 0 Å². The molecule has 3 atom stereocenters. The molecule has 2 aliphatic heterocycles. The predicted molar refractivity (Wildman–Crippen MR) is 75.3 cm³/mol. The third kappa shape index (κ3) is 3.00. The van der Waals surface area contributed by atoms with E-state index in [1.54, 1.807) is 0 Å². The molecule has 2 fully saturated rings. The minimum Gasteiger partial charge on any atom is -0.370 e. The van der Waals surface area contributed by atoms with Gasteiger partial charge < -0.3 is 19.1 Å². The molecular weight excluding hydrogens is 258 g/mol. The molecule has 2 saturated heterocycles. The Bertz CT molecular complexity index is 346. The number of hydrogen-bond acceptors (Lipinski definition) is 4. The lowest BCUT2D eigenvalue weighted by molar-refractivity contribution is -0.221. The van der Waals surface area contributed by atoms with Crippen LogP contribution in [0, 0.1) is 5.92 Å². The van der Waals surface area contributed by atoms with Crippen molar-refractivity contribution in [3.63, 3.8) is 0 Å². The van der Waals surface area contributed by atoms with Crippen LogP contribution in [0.4, 0.5) is 0 Å². The molecule has 0 bridgehead atoms. The number of rotatable bonds is 6. The summed E-state index contributed by atoms with van der Waals surface area (Å²) in [6.45, 7) is 11.9. The van der Waals surface area contributed by atoms with Crippen LogP contribution in [0.25, 0.3) is 0 Å². The van der Waals surface area contributed by atoms with Crippen molar-refractivity contribution in [2.45, 2.75) is 65.1 Å². The summed E-state index contributed by atoms with van der Waals surface area (Å²) in [6.07, 6.45) is 0.541.